The van der Waals surface area contributed by atoms with E-state index < -0.39 is 36.5 Å². The molecule has 0 heterocycles. The summed E-state index contributed by atoms with van der Waals surface area (Å²) in [5.74, 6) is -3.05. The number of carboxylic acid groups (broad SMARTS) is 1. The summed E-state index contributed by atoms with van der Waals surface area (Å²) in [4.78, 5) is 41.4. The van der Waals surface area contributed by atoms with Crippen molar-refractivity contribution in [3.05, 3.63) is 0 Å². The second kappa shape index (κ2) is 5.06. The Morgan fingerprint density at radius 2 is 1.83 bits per heavy atom. The number of hydrogen-bond acceptors (Lipinski definition) is 5. The number of methoxy groups -OCH3 is 1. The molecule has 18 heavy (non-hydrogen) atoms. The lowest BCUT2D eigenvalue weighted by atomic mass is 9.76. The van der Waals surface area contributed by atoms with Crippen LogP contribution in [0, 0.1) is 16.7 Å². The lowest BCUT2D eigenvalue weighted by Crippen LogP contribution is -2.55. The van der Waals surface area contributed by atoms with Crippen molar-refractivity contribution in [3.8, 4) is 6.07 Å². The Labute approximate surface area is 103 Å². The molecule has 0 saturated heterocycles. The van der Waals surface area contributed by atoms with Crippen molar-refractivity contribution in [1.29, 1.82) is 5.26 Å². The van der Waals surface area contributed by atoms with Crippen molar-refractivity contribution in [3.63, 3.8) is 0 Å². The van der Waals surface area contributed by atoms with Gasteiger partial charge in [-0.1, -0.05) is 0 Å². The highest BCUT2D eigenvalue weighted by Gasteiger charge is 2.67. The van der Waals surface area contributed by atoms with Gasteiger partial charge in [0.2, 0.25) is 0 Å². The number of nitrogens with zero attached hydrogens (tertiary/aromatic N) is 1. The van der Waals surface area contributed by atoms with Gasteiger partial charge < -0.3 is 19.6 Å². The zero-order valence-electron chi connectivity index (χ0n) is 10.1. The summed E-state index contributed by atoms with van der Waals surface area (Å²) >= 11 is 0. The predicted octanol–water partition coefficient (Wildman–Crippen LogP) is 0.100. The summed E-state index contributed by atoms with van der Waals surface area (Å²) in [6.07, 6.45) is -1.02. The summed E-state index contributed by atoms with van der Waals surface area (Å²) in [5.41, 5.74) is -2.07. The van der Waals surface area contributed by atoms with Gasteiger partial charge in [0.05, 0.1) is 25.0 Å². The number of carbonyl (C=O) groups is 2. The van der Waals surface area contributed by atoms with E-state index in [0.29, 0.717) is 0 Å². The first-order valence-electron chi connectivity index (χ1n) is 4.73. The highest BCUT2D eigenvalue weighted by molar-refractivity contribution is 7.55. The fraction of sp³-hybridized carbons (Fsp3) is 0.667. The molecule has 102 valence electrons. The second-order valence-corrected chi connectivity index (χ2v) is 6.01. The van der Waals surface area contributed by atoms with Gasteiger partial charge in [-0.2, -0.15) is 5.26 Å². The zero-order valence-corrected chi connectivity index (χ0v) is 11.0. The molecule has 3 N–H and O–H groups in total. The van der Waals surface area contributed by atoms with E-state index in [0.717, 1.165) is 21.0 Å². The minimum absolute atomic E-state index is 0.961. The number of carbonyl (C=O) groups excluding carboxylic acids is 1. The molecule has 0 aromatic rings. The molecule has 8 nitrogen and oxygen atoms in total. The molecule has 0 spiro atoms. The maximum atomic E-state index is 11.6. The molecule has 0 radical (unpaired) electrons. The van der Waals surface area contributed by atoms with E-state index in [2.05, 4.69) is 4.74 Å². The third kappa shape index (κ3) is 2.25. The summed E-state index contributed by atoms with van der Waals surface area (Å²) in [7, 11) is -4.33. The van der Waals surface area contributed by atoms with Crippen molar-refractivity contribution in [1.82, 2.24) is 0 Å². The molecule has 9 heteroatoms. The molecule has 0 rings (SSSR count). The third-order valence-corrected chi connectivity index (χ3v) is 4.82. The molecule has 0 fully saturated rings. The predicted molar refractivity (Wildman–Crippen MR) is 58.4 cm³/mol. The first-order valence-corrected chi connectivity index (χ1v) is 6.34. The van der Waals surface area contributed by atoms with E-state index >= 15 is 0 Å². The van der Waals surface area contributed by atoms with Crippen molar-refractivity contribution < 1.29 is 33.8 Å². The van der Waals surface area contributed by atoms with Crippen molar-refractivity contribution in [2.75, 3.05) is 7.11 Å². The number of hydrogen-bond donors (Lipinski definition) is 3. The van der Waals surface area contributed by atoms with E-state index in [-0.39, 0.29) is 0 Å². The largest absolute Gasteiger partial charge is 0.480 e. The Hall–Kier alpha value is -1.42. The number of aliphatic carboxylic acids is 1. The Morgan fingerprint density at radius 3 is 2.06 bits per heavy atom. The first-order chi connectivity index (χ1) is 7.99. The van der Waals surface area contributed by atoms with Gasteiger partial charge in [0.1, 0.15) is 0 Å². The Balaban J connectivity index is 6.24. The molecule has 0 aliphatic rings. The lowest BCUT2D eigenvalue weighted by molar-refractivity contribution is -0.161. The van der Waals surface area contributed by atoms with Crippen molar-refractivity contribution in [2.45, 2.75) is 25.4 Å². The summed E-state index contributed by atoms with van der Waals surface area (Å²) in [6, 6.07) is 1.40. The fourth-order valence-electron chi connectivity index (χ4n) is 1.69. The fourth-order valence-corrected chi connectivity index (χ4v) is 3.04. The maximum absolute atomic E-state index is 11.6. The van der Waals surface area contributed by atoms with E-state index in [1.807, 2.05) is 0 Å². The van der Waals surface area contributed by atoms with Crippen LogP contribution in [0.2, 0.25) is 0 Å². The van der Waals surface area contributed by atoms with Gasteiger partial charge in [-0.25, -0.2) is 0 Å². The molecule has 0 aromatic carbocycles. The first kappa shape index (κ1) is 16.6. The van der Waals surface area contributed by atoms with Crippen LogP contribution in [0.5, 0.6) is 0 Å². The molecular weight excluding hydrogens is 265 g/mol. The van der Waals surface area contributed by atoms with Gasteiger partial charge in [0.15, 0.2) is 5.16 Å². The van der Waals surface area contributed by atoms with Crippen LogP contribution in [0.3, 0.4) is 0 Å². The van der Waals surface area contributed by atoms with Gasteiger partial charge in [0.25, 0.3) is 0 Å². The van der Waals surface area contributed by atoms with Crippen LogP contribution in [-0.2, 0) is 18.9 Å². The van der Waals surface area contributed by atoms with Gasteiger partial charge >= 0.3 is 19.5 Å². The van der Waals surface area contributed by atoms with E-state index in [4.69, 9.17) is 10.4 Å². The minimum atomic E-state index is -5.29. The Bertz CT molecular complexity index is 446. The number of carboxylic acids is 1. The monoisotopic (exact) mass is 279 g/mol. The van der Waals surface area contributed by atoms with Crippen LogP contribution < -0.4 is 0 Å². The normalized spacial score (nSPS) is 15.3. The number of esters is 1. The summed E-state index contributed by atoms with van der Waals surface area (Å²) < 4.78 is 15.9. The van der Waals surface area contributed by atoms with Crippen molar-refractivity contribution >= 4 is 19.5 Å². The van der Waals surface area contributed by atoms with E-state index in [1.165, 1.54) is 6.07 Å². The molecule has 0 aliphatic heterocycles. The standard InChI is InChI=1S/C9H14NO7P/c1-8(2,7(13)17-3)9(4-5-10,6(11)12)18(14,15)16/h4H2,1-3H3,(H,11,12)(H2,14,15,16). The topological polar surface area (TPSA) is 145 Å². The highest BCUT2D eigenvalue weighted by Crippen LogP contribution is 2.61. The molecule has 0 aromatic heterocycles. The molecule has 1 unspecified atom stereocenters. The lowest BCUT2D eigenvalue weighted by Gasteiger charge is -2.39. The van der Waals surface area contributed by atoms with Gasteiger partial charge in [0, 0.05) is 0 Å². The Kier molecular flexibility index (Phi) is 4.66. The van der Waals surface area contributed by atoms with E-state index in [9.17, 15) is 23.9 Å². The molecule has 0 saturated carbocycles. The Morgan fingerprint density at radius 1 is 1.39 bits per heavy atom. The molecular formula is C9H14NO7P. The van der Waals surface area contributed by atoms with Crippen LogP contribution >= 0.6 is 7.60 Å². The second-order valence-electron chi connectivity index (χ2n) is 4.16. The van der Waals surface area contributed by atoms with Crippen LogP contribution in [0.1, 0.15) is 20.3 Å². The minimum Gasteiger partial charge on any atom is -0.480 e. The zero-order chi connectivity index (χ0) is 14.8. The summed E-state index contributed by atoms with van der Waals surface area (Å²) in [5, 5.41) is 14.9. The third-order valence-electron chi connectivity index (χ3n) is 2.92. The SMILES string of the molecule is COC(=O)C(C)(C)C(CC#N)(C(=O)O)P(=O)(O)O. The van der Waals surface area contributed by atoms with Crippen LogP contribution in [0.4, 0.5) is 0 Å². The highest BCUT2D eigenvalue weighted by atomic mass is 31.2. The van der Waals surface area contributed by atoms with Gasteiger partial charge in [-0.05, 0) is 13.8 Å². The smallest absolute Gasteiger partial charge is 0.345 e. The van der Waals surface area contributed by atoms with Crippen LogP contribution in [0.15, 0.2) is 0 Å². The molecule has 1 atom stereocenters. The van der Waals surface area contributed by atoms with Gasteiger partial charge in [-0.15, -0.1) is 0 Å². The van der Waals surface area contributed by atoms with Crippen LogP contribution in [0.25, 0.3) is 0 Å². The van der Waals surface area contributed by atoms with Crippen LogP contribution in [-0.4, -0.2) is 39.1 Å². The molecule has 0 amide bonds. The summed E-state index contributed by atoms with van der Waals surface area (Å²) in [6.45, 7) is 2.03. The molecule has 0 bridgehead atoms. The number of rotatable bonds is 5. The average molecular weight is 279 g/mol. The quantitative estimate of drug-likeness (QED) is 0.474. The van der Waals surface area contributed by atoms with Gasteiger partial charge in [-0.3, -0.25) is 14.2 Å². The maximum Gasteiger partial charge on any atom is 0.345 e. The van der Waals surface area contributed by atoms with E-state index in [1.54, 1.807) is 0 Å². The number of nitriles is 1. The number of ether oxygens (including phenoxy) is 1. The molecule has 0 aliphatic carbocycles. The average Bonchev–Trinajstić information content (AvgIpc) is 2.21. The van der Waals surface area contributed by atoms with Crippen molar-refractivity contribution in [2.24, 2.45) is 5.41 Å².